The number of halogens is 10. The molecule has 4 atom stereocenters. The average molecular weight is 1350 g/mol. The molecule has 0 bridgehead atoms. The Kier molecular flexibility index (Phi) is 25.0. The molecule has 6 aromatic rings. The van der Waals surface area contributed by atoms with Crippen molar-refractivity contribution in [1.82, 2.24) is 29.6 Å². The maximum Gasteiger partial charge on any atom is 0.416 e. The van der Waals surface area contributed by atoms with Crippen LogP contribution in [0, 0.1) is 76.6 Å². The van der Waals surface area contributed by atoms with E-state index in [2.05, 4.69) is 10.6 Å². The highest BCUT2D eigenvalue weighted by molar-refractivity contribution is 5.83. The molecule has 4 heterocycles. The highest BCUT2D eigenvalue weighted by Gasteiger charge is 2.39. The highest BCUT2D eigenvalue weighted by Crippen LogP contribution is 2.39. The van der Waals surface area contributed by atoms with Gasteiger partial charge in [-0.3, -0.25) is 28.8 Å². The fourth-order valence-electron chi connectivity index (χ4n) is 12.5. The van der Waals surface area contributed by atoms with Gasteiger partial charge in [0.1, 0.15) is 35.4 Å². The van der Waals surface area contributed by atoms with Crippen LogP contribution in [0.1, 0.15) is 164 Å². The number of hydrogen-bond acceptors (Lipinski definition) is 9. The summed E-state index contributed by atoms with van der Waals surface area (Å²) in [5.74, 6) is -6.77. The van der Waals surface area contributed by atoms with Crippen LogP contribution in [0.2, 0.25) is 0 Å². The van der Waals surface area contributed by atoms with Crippen molar-refractivity contribution in [2.24, 2.45) is 11.8 Å². The maximum absolute atomic E-state index is 15.9. The molecule has 2 unspecified atom stereocenters. The molecule has 0 spiro atoms. The van der Waals surface area contributed by atoms with Crippen molar-refractivity contribution in [3.8, 4) is 22.3 Å². The lowest BCUT2D eigenvalue weighted by Gasteiger charge is -2.31. The summed E-state index contributed by atoms with van der Waals surface area (Å²) in [7, 11) is 0. The molecule has 2 aliphatic heterocycles. The highest BCUT2D eigenvalue weighted by atomic mass is 19.4. The number of ether oxygens (including phenoxy) is 1. The summed E-state index contributed by atoms with van der Waals surface area (Å²) in [5, 5.41) is 15.0. The number of carbonyl (C=O) groups excluding carboxylic acids is 3. The van der Waals surface area contributed by atoms with E-state index in [1.807, 2.05) is 9.80 Å². The van der Waals surface area contributed by atoms with Gasteiger partial charge in [-0.2, -0.15) is 26.3 Å². The van der Waals surface area contributed by atoms with Crippen LogP contribution in [-0.2, 0) is 49.1 Å². The van der Waals surface area contributed by atoms with Gasteiger partial charge in [0.05, 0.1) is 42.7 Å². The smallest absolute Gasteiger partial charge is 0.416 e. The van der Waals surface area contributed by atoms with Crippen LogP contribution in [0.4, 0.5) is 43.9 Å². The number of benzene rings is 4. The zero-order valence-corrected chi connectivity index (χ0v) is 55.9. The second kappa shape index (κ2) is 31.8. The molecule has 3 N–H and O–H groups in total. The van der Waals surface area contributed by atoms with Crippen LogP contribution in [0.5, 0.6) is 0 Å². The van der Waals surface area contributed by atoms with E-state index in [4.69, 9.17) is 4.74 Å². The summed E-state index contributed by atoms with van der Waals surface area (Å²) < 4.78 is 153. The maximum atomic E-state index is 15.9. The van der Waals surface area contributed by atoms with Gasteiger partial charge in [0, 0.05) is 59.9 Å². The lowest BCUT2D eigenvalue weighted by Crippen LogP contribution is -2.41. The minimum Gasteiger partial charge on any atom is -0.481 e. The molecule has 0 radical (unpaired) electrons. The van der Waals surface area contributed by atoms with Crippen LogP contribution in [0.3, 0.4) is 0 Å². The number of carboxylic acid groups (broad SMARTS) is 1. The van der Waals surface area contributed by atoms with Gasteiger partial charge in [-0.25, -0.2) is 17.6 Å². The topological polar surface area (TPSA) is 172 Å². The second-order valence-corrected chi connectivity index (χ2v) is 26.1. The number of esters is 1. The molecule has 0 saturated carbocycles. The van der Waals surface area contributed by atoms with Crippen molar-refractivity contribution in [3.05, 3.63) is 184 Å². The van der Waals surface area contributed by atoms with Crippen molar-refractivity contribution >= 4 is 23.8 Å². The van der Waals surface area contributed by atoms with E-state index in [-0.39, 0.29) is 94.2 Å². The van der Waals surface area contributed by atoms with Gasteiger partial charge >= 0.3 is 24.3 Å². The fourth-order valence-corrected chi connectivity index (χ4v) is 12.5. The van der Waals surface area contributed by atoms with E-state index in [0.29, 0.717) is 53.0 Å². The number of amides is 2. The summed E-state index contributed by atoms with van der Waals surface area (Å²) >= 11 is 0. The Balaban J connectivity index is 0.000000271. The van der Waals surface area contributed by atoms with Crippen LogP contribution in [0.25, 0.3) is 22.3 Å². The van der Waals surface area contributed by atoms with Gasteiger partial charge in [0.15, 0.2) is 0 Å². The van der Waals surface area contributed by atoms with Crippen molar-refractivity contribution in [1.29, 1.82) is 0 Å². The SMILES string of the molecule is CCOC(=O)C[C@H](NC(=O)C(CC(C)C)n1cc(CCN2CCC2)c(C(F)(F)F)cc1=O)c1cc(-c2c(C)cc(C)cc2F)cc(C)c1F.Cc1cc(C)c(-c2cc(C)c(F)c([C@H](CC(=O)O)NC(=O)C(CC(C)C)n3cc(CCN4CCC4)c(C(F)(F)F)cc3=O)c2)c(F)c1. The molecule has 4 aromatic carbocycles. The van der Waals surface area contributed by atoms with Crippen molar-refractivity contribution in [2.75, 3.05) is 45.9 Å². The molecule has 520 valence electrons. The number of hydrogen-bond donors (Lipinski definition) is 3. The summed E-state index contributed by atoms with van der Waals surface area (Å²) in [6, 6.07) is 7.45. The summed E-state index contributed by atoms with van der Waals surface area (Å²) in [4.78, 5) is 83.3. The Labute approximate surface area is 552 Å². The van der Waals surface area contributed by atoms with E-state index in [0.717, 1.165) is 60.5 Å². The Morgan fingerprint density at radius 2 is 0.917 bits per heavy atom. The molecule has 96 heavy (non-hydrogen) atoms. The predicted molar refractivity (Wildman–Crippen MR) is 345 cm³/mol. The third-order valence-corrected chi connectivity index (χ3v) is 17.3. The number of alkyl halides is 6. The molecule has 2 amide bonds. The first-order valence-electron chi connectivity index (χ1n) is 32.2. The van der Waals surface area contributed by atoms with E-state index < -0.39 is 119 Å². The van der Waals surface area contributed by atoms with E-state index >= 15 is 17.6 Å². The van der Waals surface area contributed by atoms with Gasteiger partial charge < -0.3 is 39.4 Å². The molecule has 2 aliphatic rings. The van der Waals surface area contributed by atoms with Crippen molar-refractivity contribution in [3.63, 3.8) is 0 Å². The van der Waals surface area contributed by atoms with Gasteiger partial charge in [-0.15, -0.1) is 0 Å². The zero-order chi connectivity index (χ0) is 71.0. The lowest BCUT2D eigenvalue weighted by molar-refractivity contribution is -0.144. The molecule has 24 heteroatoms. The number of nitrogens with one attached hydrogen (secondary N) is 2. The van der Waals surface area contributed by atoms with Crippen molar-refractivity contribution < 1.29 is 72.9 Å². The van der Waals surface area contributed by atoms with Crippen LogP contribution >= 0.6 is 0 Å². The number of likely N-dealkylation sites (tertiary alicyclic amines) is 2. The van der Waals surface area contributed by atoms with Crippen LogP contribution in [0.15, 0.2) is 82.6 Å². The molecule has 0 aliphatic carbocycles. The third-order valence-electron chi connectivity index (χ3n) is 17.3. The molecule has 2 fully saturated rings. The minimum atomic E-state index is -4.79. The standard InChI is InChI=1S/C37H44F5N3O4.C35H40F5N3O4/c1-7-49-33(47)19-30(27-17-26(16-24(6)35(27)39)34-23(5)14-22(4)15-29(34)38)43-36(48)31(13-21(2)3)45-20-25(9-12-44-10-8-11-44)28(18-32(45)46)37(40,41)42;1-19(2)11-29(43-18-23(7-10-42-8-6-9-42)26(16-30(43)44)35(38,39)40)34(47)41-28(17-31(45)46)25-15-24(14-22(5)33(25)37)32-21(4)12-20(3)13-27(32)36/h14-18,20-21,30-31H,7-13,19H2,1-6H3,(H,43,48);12-16,18-19,28-29H,6-11,17H2,1-5H3,(H,41,47)(H,45,46)/t30-,31?;28-,29?/m00/s1. The largest absolute Gasteiger partial charge is 0.481 e. The number of aromatic nitrogens is 2. The predicted octanol–water partition coefficient (Wildman–Crippen LogP) is 14.3. The number of rotatable bonds is 25. The Bertz CT molecular complexity index is 3920. The molecule has 14 nitrogen and oxygen atoms in total. The molecule has 2 aromatic heterocycles. The summed E-state index contributed by atoms with van der Waals surface area (Å²) in [6.07, 6.45) is -6.64. The zero-order valence-electron chi connectivity index (χ0n) is 55.9. The monoisotopic (exact) mass is 1350 g/mol. The van der Waals surface area contributed by atoms with Crippen LogP contribution in [-0.4, -0.2) is 93.7 Å². The number of aliphatic carboxylic acids is 1. The Morgan fingerprint density at radius 1 is 0.542 bits per heavy atom. The number of nitrogens with zero attached hydrogens (tertiary/aromatic N) is 4. The van der Waals surface area contributed by atoms with E-state index in [1.165, 1.54) is 50.2 Å². The van der Waals surface area contributed by atoms with Gasteiger partial charge in [0.25, 0.3) is 11.1 Å². The van der Waals surface area contributed by atoms with E-state index in [9.17, 15) is 60.2 Å². The molecular formula is C72H84F10N6O8. The third kappa shape index (κ3) is 18.9. The fraction of sp³-hybridized carbons (Fsp3) is 0.472. The number of pyridine rings is 2. The number of carboxylic acids is 1. The minimum absolute atomic E-state index is 0.000945. The molecular weight excluding hydrogens is 1270 g/mol. The number of carbonyl (C=O) groups is 4. The van der Waals surface area contributed by atoms with Crippen molar-refractivity contribution in [2.45, 2.75) is 164 Å². The van der Waals surface area contributed by atoms with E-state index in [1.54, 1.807) is 74.4 Å². The quantitative estimate of drug-likeness (QED) is 0.0370. The Hall–Kier alpha value is -8.12. The number of aryl methyl sites for hydroxylation is 6. The normalized spacial score (nSPS) is 14.9. The molecule has 8 rings (SSSR count). The van der Waals surface area contributed by atoms with Crippen LogP contribution < -0.4 is 21.8 Å². The average Bonchev–Trinajstić information content (AvgIpc) is 0.799. The summed E-state index contributed by atoms with van der Waals surface area (Å²) in [5.41, 5.74) is -0.931. The lowest BCUT2D eigenvalue weighted by atomic mass is 9.91. The second-order valence-electron chi connectivity index (χ2n) is 26.1. The van der Waals surface area contributed by atoms with Gasteiger partial charge in [-0.1, -0.05) is 39.8 Å². The first kappa shape index (κ1) is 75.3. The Morgan fingerprint density at radius 3 is 1.23 bits per heavy atom. The first-order valence-corrected chi connectivity index (χ1v) is 32.2. The first-order chi connectivity index (χ1) is 44.9. The summed E-state index contributed by atoms with van der Waals surface area (Å²) in [6.45, 7) is 22.3. The van der Waals surface area contributed by atoms with Gasteiger partial charge in [-0.05, 0) is 217 Å². The van der Waals surface area contributed by atoms with Gasteiger partial charge in [0.2, 0.25) is 11.8 Å². The molecule has 2 saturated heterocycles.